The lowest BCUT2D eigenvalue weighted by Gasteiger charge is -2.08. The van der Waals surface area contributed by atoms with Crippen LogP contribution in [0, 0.1) is 0 Å². The van der Waals surface area contributed by atoms with E-state index in [4.69, 9.17) is 27.9 Å². The van der Waals surface area contributed by atoms with Gasteiger partial charge in [0.15, 0.2) is 0 Å². The van der Waals surface area contributed by atoms with E-state index in [0.717, 1.165) is 34.7 Å². The van der Waals surface area contributed by atoms with E-state index in [1.165, 1.54) is 5.56 Å². The molecule has 0 unspecified atom stereocenters. The average Bonchev–Trinajstić information content (AvgIpc) is 3.13. The Morgan fingerprint density at radius 3 is 2.43 bits per heavy atom. The van der Waals surface area contributed by atoms with E-state index in [0.29, 0.717) is 23.2 Å². The molecule has 0 aliphatic rings. The minimum Gasteiger partial charge on any atom is -0.489 e. The molecule has 0 atom stereocenters. The van der Waals surface area contributed by atoms with Gasteiger partial charge in [-0.1, -0.05) is 53.5 Å². The molecule has 0 amide bonds. The molecule has 28 heavy (non-hydrogen) atoms. The van der Waals surface area contributed by atoms with Crippen molar-refractivity contribution in [1.82, 2.24) is 15.3 Å². The van der Waals surface area contributed by atoms with Crippen molar-refractivity contribution in [3.8, 4) is 5.75 Å². The highest BCUT2D eigenvalue weighted by molar-refractivity contribution is 6.42. The fourth-order valence-electron chi connectivity index (χ4n) is 2.91. The molecule has 0 radical (unpaired) electrons. The first-order chi connectivity index (χ1) is 13.7. The Bertz CT molecular complexity index is 1040. The van der Waals surface area contributed by atoms with E-state index in [2.05, 4.69) is 27.4 Å². The molecule has 6 heteroatoms. The first-order valence-electron chi connectivity index (χ1n) is 8.97. The average molecular weight is 412 g/mol. The molecule has 0 aliphatic heterocycles. The second-order valence-corrected chi connectivity index (χ2v) is 7.30. The molecule has 4 aromatic rings. The lowest BCUT2D eigenvalue weighted by atomic mass is 10.2. The molecule has 1 heterocycles. The van der Waals surface area contributed by atoms with E-state index >= 15 is 0 Å². The Morgan fingerprint density at radius 2 is 1.64 bits per heavy atom. The molecular formula is C22H19Cl2N3O. The minimum absolute atomic E-state index is 0.445. The number of aromatic nitrogens is 2. The molecule has 0 bridgehead atoms. The topological polar surface area (TPSA) is 49.9 Å². The van der Waals surface area contributed by atoms with Crippen molar-refractivity contribution in [3.05, 3.63) is 93.7 Å². The van der Waals surface area contributed by atoms with Gasteiger partial charge in [-0.3, -0.25) is 0 Å². The third-order valence-electron chi connectivity index (χ3n) is 4.37. The highest BCUT2D eigenvalue weighted by Crippen LogP contribution is 2.23. The summed E-state index contributed by atoms with van der Waals surface area (Å²) in [6.07, 6.45) is 0. The van der Waals surface area contributed by atoms with Crippen molar-refractivity contribution in [2.24, 2.45) is 0 Å². The zero-order valence-electron chi connectivity index (χ0n) is 15.1. The van der Waals surface area contributed by atoms with Crippen LogP contribution in [-0.2, 0) is 19.7 Å². The smallest absolute Gasteiger partial charge is 0.121 e. The summed E-state index contributed by atoms with van der Waals surface area (Å²) in [6.45, 7) is 1.88. The van der Waals surface area contributed by atoms with Crippen LogP contribution in [0.25, 0.3) is 11.0 Å². The maximum Gasteiger partial charge on any atom is 0.121 e. The molecule has 3 aromatic carbocycles. The fraction of sp³-hybridized carbons (Fsp3) is 0.136. The van der Waals surface area contributed by atoms with Gasteiger partial charge in [0.05, 0.1) is 27.6 Å². The van der Waals surface area contributed by atoms with Crippen molar-refractivity contribution in [2.75, 3.05) is 0 Å². The van der Waals surface area contributed by atoms with Crippen LogP contribution >= 0.6 is 23.2 Å². The predicted octanol–water partition coefficient (Wildman–Crippen LogP) is 5.74. The molecule has 142 valence electrons. The van der Waals surface area contributed by atoms with Crippen LogP contribution in [0.2, 0.25) is 10.0 Å². The maximum atomic E-state index is 6.03. The number of nitrogens with zero attached hydrogens (tertiary/aromatic N) is 1. The van der Waals surface area contributed by atoms with Crippen molar-refractivity contribution in [1.29, 1.82) is 0 Å². The van der Waals surface area contributed by atoms with Gasteiger partial charge in [-0.05, 0) is 47.5 Å². The Balaban J connectivity index is 1.27. The van der Waals surface area contributed by atoms with E-state index in [-0.39, 0.29) is 0 Å². The fourth-order valence-corrected chi connectivity index (χ4v) is 3.23. The Morgan fingerprint density at radius 1 is 0.857 bits per heavy atom. The van der Waals surface area contributed by atoms with Gasteiger partial charge in [0, 0.05) is 6.54 Å². The molecular weight excluding hydrogens is 393 g/mol. The molecule has 4 rings (SSSR count). The van der Waals surface area contributed by atoms with Crippen LogP contribution in [-0.4, -0.2) is 9.97 Å². The molecule has 0 saturated heterocycles. The monoisotopic (exact) mass is 411 g/mol. The van der Waals surface area contributed by atoms with Gasteiger partial charge in [-0.15, -0.1) is 0 Å². The van der Waals surface area contributed by atoms with Crippen LogP contribution in [0.15, 0.2) is 66.7 Å². The maximum absolute atomic E-state index is 6.03. The summed E-state index contributed by atoms with van der Waals surface area (Å²) in [5.74, 6) is 1.75. The summed E-state index contributed by atoms with van der Waals surface area (Å²) in [5, 5.41) is 4.49. The number of halogens is 2. The Hall–Kier alpha value is -2.53. The third-order valence-corrected chi connectivity index (χ3v) is 5.11. The van der Waals surface area contributed by atoms with Gasteiger partial charge in [-0.25, -0.2) is 4.98 Å². The van der Waals surface area contributed by atoms with Crippen LogP contribution < -0.4 is 10.1 Å². The van der Waals surface area contributed by atoms with Crippen molar-refractivity contribution < 1.29 is 4.74 Å². The van der Waals surface area contributed by atoms with Crippen LogP contribution in [0.1, 0.15) is 17.0 Å². The molecule has 0 saturated carbocycles. The Labute approximate surface area is 173 Å². The number of benzene rings is 3. The van der Waals surface area contributed by atoms with E-state index < -0.39 is 0 Å². The summed E-state index contributed by atoms with van der Waals surface area (Å²) < 4.78 is 5.81. The largest absolute Gasteiger partial charge is 0.489 e. The standard InChI is InChI=1S/C22H19Cl2N3O/c23-18-10-7-16(11-19(18)24)14-28-17-8-5-15(6-9-17)12-25-13-22-26-20-3-1-2-4-21(20)27-22/h1-11,25H,12-14H2,(H,26,27). The number of imidazole rings is 1. The SMILES string of the molecule is Clc1ccc(COc2ccc(CNCc3nc4ccccc4[nH]3)cc2)cc1Cl. The second-order valence-electron chi connectivity index (χ2n) is 6.49. The number of H-pyrrole nitrogens is 1. The summed E-state index contributed by atoms with van der Waals surface area (Å²) in [5.41, 5.74) is 4.20. The number of nitrogens with one attached hydrogen (secondary N) is 2. The Kier molecular flexibility index (Phi) is 5.81. The normalized spacial score (nSPS) is 11.1. The van der Waals surface area contributed by atoms with Gasteiger partial charge in [0.1, 0.15) is 18.2 Å². The first-order valence-corrected chi connectivity index (χ1v) is 9.73. The minimum atomic E-state index is 0.445. The van der Waals surface area contributed by atoms with Gasteiger partial charge in [0.2, 0.25) is 0 Å². The summed E-state index contributed by atoms with van der Waals surface area (Å²) in [7, 11) is 0. The second kappa shape index (κ2) is 8.65. The molecule has 1 aromatic heterocycles. The number of ether oxygens (including phenoxy) is 1. The molecule has 0 fully saturated rings. The summed E-state index contributed by atoms with van der Waals surface area (Å²) in [4.78, 5) is 7.89. The van der Waals surface area contributed by atoms with Crippen molar-refractivity contribution in [2.45, 2.75) is 19.7 Å². The zero-order chi connectivity index (χ0) is 19.3. The lowest BCUT2D eigenvalue weighted by molar-refractivity contribution is 0.306. The van der Waals surface area contributed by atoms with Crippen molar-refractivity contribution >= 4 is 34.2 Å². The van der Waals surface area contributed by atoms with Crippen LogP contribution in [0.5, 0.6) is 5.75 Å². The third kappa shape index (κ3) is 4.65. The van der Waals surface area contributed by atoms with Crippen molar-refractivity contribution in [3.63, 3.8) is 0 Å². The van der Waals surface area contributed by atoms with Gasteiger partial charge >= 0.3 is 0 Å². The summed E-state index contributed by atoms with van der Waals surface area (Å²) >= 11 is 12.0. The molecule has 4 nitrogen and oxygen atoms in total. The molecule has 0 aliphatic carbocycles. The molecule has 0 spiro atoms. The van der Waals surface area contributed by atoms with Gasteiger partial charge in [-0.2, -0.15) is 0 Å². The number of aromatic amines is 1. The van der Waals surface area contributed by atoms with Gasteiger partial charge < -0.3 is 15.0 Å². The number of rotatable bonds is 7. The van der Waals surface area contributed by atoms with Gasteiger partial charge in [0.25, 0.3) is 0 Å². The summed E-state index contributed by atoms with van der Waals surface area (Å²) in [6, 6.07) is 21.6. The lowest BCUT2D eigenvalue weighted by Crippen LogP contribution is -2.13. The quantitative estimate of drug-likeness (QED) is 0.407. The van der Waals surface area contributed by atoms with Crippen LogP contribution in [0.4, 0.5) is 0 Å². The highest BCUT2D eigenvalue weighted by atomic mass is 35.5. The van der Waals surface area contributed by atoms with E-state index in [1.54, 1.807) is 6.07 Å². The molecule has 2 N–H and O–H groups in total. The number of hydrogen-bond acceptors (Lipinski definition) is 3. The van der Waals surface area contributed by atoms with E-state index in [1.807, 2.05) is 48.5 Å². The van der Waals surface area contributed by atoms with E-state index in [9.17, 15) is 0 Å². The zero-order valence-corrected chi connectivity index (χ0v) is 16.6. The number of hydrogen-bond donors (Lipinski definition) is 2. The first kappa shape index (κ1) is 18.8. The highest BCUT2D eigenvalue weighted by Gasteiger charge is 2.03. The number of fused-ring (bicyclic) bond motifs is 1. The predicted molar refractivity (Wildman–Crippen MR) is 114 cm³/mol. The number of para-hydroxylation sites is 2. The van der Waals surface area contributed by atoms with Crippen LogP contribution in [0.3, 0.4) is 0 Å².